The summed E-state index contributed by atoms with van der Waals surface area (Å²) in [6, 6.07) is 1.47. The highest BCUT2D eigenvalue weighted by Gasteiger charge is 2.50. The van der Waals surface area contributed by atoms with Crippen LogP contribution in [0.3, 0.4) is 0 Å². The Balaban J connectivity index is 2.11. The number of fused-ring (bicyclic) bond motifs is 1. The third kappa shape index (κ3) is 1.25. The summed E-state index contributed by atoms with van der Waals surface area (Å²) < 4.78 is 8.11. The Hall–Kier alpha value is 0.167. The standard InChI is InChI=1S/C8H14ClNOSi/c1-2-6-12(9)10-5-3-4-8(10)7-11-12/h2,8H,1,3-7H2. The molecule has 68 valence electrons. The number of nitrogens with zero attached hydrogens (tertiary/aromatic N) is 1. The molecule has 0 spiro atoms. The molecular weight excluding hydrogens is 190 g/mol. The Morgan fingerprint density at radius 1 is 1.75 bits per heavy atom. The lowest BCUT2D eigenvalue weighted by molar-refractivity contribution is 0.329. The summed E-state index contributed by atoms with van der Waals surface area (Å²) >= 11 is 6.44. The van der Waals surface area contributed by atoms with Crippen LogP contribution in [0.25, 0.3) is 0 Å². The summed E-state index contributed by atoms with van der Waals surface area (Å²) in [5.74, 6) is 0. The SMILES string of the molecule is C=CC[Si]1(Cl)OCC2CCCN21. The molecule has 2 nitrogen and oxygen atoms in total. The van der Waals surface area contributed by atoms with Gasteiger partial charge in [0.25, 0.3) is 0 Å². The maximum atomic E-state index is 6.44. The maximum absolute atomic E-state index is 6.44. The van der Waals surface area contributed by atoms with E-state index in [1.54, 1.807) is 0 Å². The van der Waals surface area contributed by atoms with E-state index in [0.717, 1.165) is 19.2 Å². The molecule has 0 aromatic carbocycles. The number of hydrogen-bond acceptors (Lipinski definition) is 2. The molecule has 12 heavy (non-hydrogen) atoms. The van der Waals surface area contributed by atoms with E-state index < -0.39 is 7.79 Å². The van der Waals surface area contributed by atoms with Crippen LogP contribution < -0.4 is 0 Å². The molecule has 2 saturated heterocycles. The lowest BCUT2D eigenvalue weighted by Crippen LogP contribution is -2.45. The van der Waals surface area contributed by atoms with Gasteiger partial charge in [-0.1, -0.05) is 6.08 Å². The molecule has 0 N–H and O–H groups in total. The molecule has 2 aliphatic rings. The van der Waals surface area contributed by atoms with Crippen molar-refractivity contribution < 1.29 is 4.43 Å². The van der Waals surface area contributed by atoms with Gasteiger partial charge < -0.3 is 4.43 Å². The zero-order chi connectivity index (χ0) is 8.60. The van der Waals surface area contributed by atoms with Crippen LogP contribution in [-0.2, 0) is 4.43 Å². The van der Waals surface area contributed by atoms with Crippen LogP contribution in [0.4, 0.5) is 0 Å². The molecule has 0 aromatic heterocycles. The third-order valence-corrected chi connectivity index (χ3v) is 6.99. The van der Waals surface area contributed by atoms with E-state index in [1.807, 2.05) is 6.08 Å². The highest BCUT2D eigenvalue weighted by molar-refractivity contribution is 7.15. The summed E-state index contributed by atoms with van der Waals surface area (Å²) in [6.45, 7) is 5.71. The molecule has 2 rings (SSSR count). The van der Waals surface area contributed by atoms with E-state index >= 15 is 0 Å². The van der Waals surface area contributed by atoms with Crippen molar-refractivity contribution in [3.8, 4) is 0 Å². The lowest BCUT2D eigenvalue weighted by Gasteiger charge is -2.25. The van der Waals surface area contributed by atoms with Gasteiger partial charge in [0.05, 0.1) is 6.61 Å². The van der Waals surface area contributed by atoms with Crippen LogP contribution in [0.2, 0.25) is 6.04 Å². The number of rotatable bonds is 2. The molecule has 2 heterocycles. The van der Waals surface area contributed by atoms with Gasteiger partial charge in [0.2, 0.25) is 0 Å². The van der Waals surface area contributed by atoms with E-state index in [0.29, 0.717) is 6.04 Å². The summed E-state index contributed by atoms with van der Waals surface area (Å²) in [4.78, 5) is 0. The van der Waals surface area contributed by atoms with Crippen molar-refractivity contribution in [2.24, 2.45) is 0 Å². The Morgan fingerprint density at radius 3 is 3.33 bits per heavy atom. The van der Waals surface area contributed by atoms with Gasteiger partial charge in [0.15, 0.2) is 0 Å². The number of hydrogen-bond donors (Lipinski definition) is 0. The summed E-state index contributed by atoms with van der Waals surface area (Å²) in [7, 11) is -2.03. The third-order valence-electron chi connectivity index (χ3n) is 2.70. The average Bonchev–Trinajstić information content (AvgIpc) is 2.57. The van der Waals surface area contributed by atoms with E-state index in [2.05, 4.69) is 11.1 Å². The van der Waals surface area contributed by atoms with Crippen molar-refractivity contribution in [1.29, 1.82) is 0 Å². The highest BCUT2D eigenvalue weighted by Crippen LogP contribution is 2.36. The lowest BCUT2D eigenvalue weighted by atomic mass is 10.2. The van der Waals surface area contributed by atoms with Crippen LogP contribution in [0, 0.1) is 0 Å². The minimum absolute atomic E-state index is 0.620. The van der Waals surface area contributed by atoms with Crippen LogP contribution in [-0.4, -0.2) is 31.5 Å². The fourth-order valence-electron chi connectivity index (χ4n) is 2.11. The monoisotopic (exact) mass is 203 g/mol. The fraction of sp³-hybridized carbons (Fsp3) is 0.750. The summed E-state index contributed by atoms with van der Waals surface area (Å²) in [6.07, 6.45) is 4.44. The van der Waals surface area contributed by atoms with Crippen LogP contribution >= 0.6 is 11.1 Å². The Labute approximate surface area is 79.1 Å². The predicted molar refractivity (Wildman–Crippen MR) is 52.3 cm³/mol. The van der Waals surface area contributed by atoms with Crippen molar-refractivity contribution in [3.63, 3.8) is 0 Å². The largest absolute Gasteiger partial charge is 0.390 e. The van der Waals surface area contributed by atoms with E-state index in [9.17, 15) is 0 Å². The van der Waals surface area contributed by atoms with Gasteiger partial charge in [0, 0.05) is 12.1 Å². The van der Waals surface area contributed by atoms with Gasteiger partial charge in [-0.25, -0.2) is 0 Å². The molecule has 2 fully saturated rings. The molecule has 2 aliphatic heterocycles. The van der Waals surface area contributed by atoms with Gasteiger partial charge in [-0.15, -0.1) is 17.7 Å². The molecule has 0 saturated carbocycles. The van der Waals surface area contributed by atoms with Crippen LogP contribution in [0.15, 0.2) is 12.7 Å². The molecule has 0 aliphatic carbocycles. The molecule has 2 unspecified atom stereocenters. The molecule has 4 heteroatoms. The first-order chi connectivity index (χ1) is 5.76. The molecule has 2 atom stereocenters. The smallest absolute Gasteiger partial charge is 0.377 e. The molecular formula is C8H14ClNOSi. The zero-order valence-electron chi connectivity index (χ0n) is 7.13. The Morgan fingerprint density at radius 2 is 2.58 bits per heavy atom. The minimum atomic E-state index is -2.03. The molecule has 0 radical (unpaired) electrons. The van der Waals surface area contributed by atoms with Gasteiger partial charge in [-0.05, 0) is 19.4 Å². The number of allylic oxidation sites excluding steroid dienone is 1. The normalized spacial score (nSPS) is 41.6. The quantitative estimate of drug-likeness (QED) is 0.386. The van der Waals surface area contributed by atoms with Crippen molar-refractivity contribution >= 4 is 18.9 Å². The Kier molecular flexibility index (Phi) is 2.29. The van der Waals surface area contributed by atoms with Crippen LogP contribution in [0.5, 0.6) is 0 Å². The first-order valence-corrected chi connectivity index (χ1v) is 7.54. The zero-order valence-corrected chi connectivity index (χ0v) is 8.89. The van der Waals surface area contributed by atoms with E-state index in [1.165, 1.54) is 12.8 Å². The molecule has 0 bridgehead atoms. The van der Waals surface area contributed by atoms with Crippen molar-refractivity contribution in [1.82, 2.24) is 4.57 Å². The first-order valence-electron chi connectivity index (χ1n) is 4.47. The van der Waals surface area contributed by atoms with Gasteiger partial charge in [-0.2, -0.15) is 0 Å². The highest BCUT2D eigenvalue weighted by atomic mass is 35.6. The van der Waals surface area contributed by atoms with Crippen molar-refractivity contribution in [2.45, 2.75) is 24.9 Å². The van der Waals surface area contributed by atoms with Crippen molar-refractivity contribution in [2.75, 3.05) is 13.2 Å². The second-order valence-electron chi connectivity index (χ2n) is 3.48. The minimum Gasteiger partial charge on any atom is -0.390 e. The van der Waals surface area contributed by atoms with Gasteiger partial charge >= 0.3 is 7.79 Å². The van der Waals surface area contributed by atoms with Crippen LogP contribution in [0.1, 0.15) is 12.8 Å². The van der Waals surface area contributed by atoms with E-state index in [4.69, 9.17) is 15.5 Å². The molecule has 0 amide bonds. The second kappa shape index (κ2) is 3.14. The fourth-order valence-corrected chi connectivity index (χ4v) is 5.86. The second-order valence-corrected chi connectivity index (χ2v) is 7.90. The number of halogens is 1. The maximum Gasteiger partial charge on any atom is 0.377 e. The van der Waals surface area contributed by atoms with Crippen molar-refractivity contribution in [3.05, 3.63) is 12.7 Å². The van der Waals surface area contributed by atoms with Gasteiger partial charge in [0.1, 0.15) is 0 Å². The van der Waals surface area contributed by atoms with E-state index in [-0.39, 0.29) is 0 Å². The Bertz CT molecular complexity index is 201. The predicted octanol–water partition coefficient (Wildman–Crippen LogP) is 1.84. The first kappa shape index (κ1) is 8.75. The molecule has 0 aromatic rings. The topological polar surface area (TPSA) is 12.5 Å². The summed E-state index contributed by atoms with van der Waals surface area (Å²) in [5, 5.41) is 0. The van der Waals surface area contributed by atoms with Gasteiger partial charge in [-0.3, -0.25) is 4.57 Å². The summed E-state index contributed by atoms with van der Waals surface area (Å²) in [5.41, 5.74) is 0. The average molecular weight is 204 g/mol.